The molecule has 1 nitrogen and oxygen atoms in total. The molecule has 0 bridgehead atoms. The zero-order chi connectivity index (χ0) is 10.2. The van der Waals surface area contributed by atoms with E-state index in [0.29, 0.717) is 0 Å². The highest BCUT2D eigenvalue weighted by atomic mass is 14.9. The Morgan fingerprint density at radius 3 is 2.93 bits per heavy atom. The normalized spacial score (nSPS) is 28.4. The van der Waals surface area contributed by atoms with Crippen molar-refractivity contribution in [1.29, 1.82) is 0 Å². The summed E-state index contributed by atoms with van der Waals surface area (Å²) < 4.78 is 0. The topological polar surface area (TPSA) is 12.0 Å². The maximum atomic E-state index is 3.56. The summed E-state index contributed by atoms with van der Waals surface area (Å²) in [5, 5.41) is 3.56. The second-order valence-corrected chi connectivity index (χ2v) is 4.70. The first-order valence-corrected chi connectivity index (χ1v) is 6.14. The van der Waals surface area contributed by atoms with Crippen LogP contribution in [0.5, 0.6) is 0 Å². The van der Waals surface area contributed by atoms with Crippen molar-refractivity contribution in [3.63, 3.8) is 0 Å². The Balaban J connectivity index is 2.00. The van der Waals surface area contributed by atoms with Crippen LogP contribution in [0.25, 0.3) is 0 Å². The van der Waals surface area contributed by atoms with Crippen LogP contribution in [0, 0.1) is 11.8 Å². The molecule has 0 saturated heterocycles. The monoisotopic (exact) mass is 195 g/mol. The fourth-order valence-corrected chi connectivity index (χ4v) is 2.40. The van der Waals surface area contributed by atoms with Crippen molar-refractivity contribution in [1.82, 2.24) is 5.32 Å². The lowest BCUT2D eigenvalue weighted by Crippen LogP contribution is -2.27. The summed E-state index contributed by atoms with van der Waals surface area (Å²) in [5.74, 6) is 1.91. The average molecular weight is 195 g/mol. The van der Waals surface area contributed by atoms with Crippen LogP contribution in [-0.4, -0.2) is 13.1 Å². The number of allylic oxidation sites excluding steroid dienone is 1. The first-order chi connectivity index (χ1) is 6.83. The standard InChI is InChI=1S/C13H25N/c1-3-4-5-9-14-11-13-8-6-7-12(2)10-13/h3-4,12-14H,5-11H2,1-2H3/b4-3+. The van der Waals surface area contributed by atoms with E-state index in [4.69, 9.17) is 0 Å². The molecule has 0 aromatic rings. The minimum absolute atomic E-state index is 0.948. The predicted octanol–water partition coefficient (Wildman–Crippen LogP) is 3.37. The molecule has 1 saturated carbocycles. The van der Waals surface area contributed by atoms with E-state index >= 15 is 0 Å². The Kier molecular flexibility index (Phi) is 5.93. The van der Waals surface area contributed by atoms with Gasteiger partial charge < -0.3 is 5.32 Å². The Bertz CT molecular complexity index is 163. The number of hydrogen-bond donors (Lipinski definition) is 1. The van der Waals surface area contributed by atoms with E-state index in [-0.39, 0.29) is 0 Å². The lowest BCUT2D eigenvalue weighted by molar-refractivity contribution is 0.275. The van der Waals surface area contributed by atoms with Crippen LogP contribution >= 0.6 is 0 Å². The highest BCUT2D eigenvalue weighted by molar-refractivity contribution is 4.78. The molecular weight excluding hydrogens is 170 g/mol. The molecular formula is C13H25N. The fraction of sp³-hybridized carbons (Fsp3) is 0.846. The Hall–Kier alpha value is -0.300. The number of hydrogen-bond acceptors (Lipinski definition) is 1. The molecule has 14 heavy (non-hydrogen) atoms. The van der Waals surface area contributed by atoms with E-state index in [2.05, 4.69) is 31.3 Å². The highest BCUT2D eigenvalue weighted by Crippen LogP contribution is 2.27. The Morgan fingerprint density at radius 2 is 2.21 bits per heavy atom. The number of nitrogens with one attached hydrogen (secondary N) is 1. The molecule has 0 aliphatic heterocycles. The van der Waals surface area contributed by atoms with Crippen molar-refractivity contribution in [2.75, 3.05) is 13.1 Å². The average Bonchev–Trinajstić information content (AvgIpc) is 2.18. The third-order valence-corrected chi connectivity index (χ3v) is 3.20. The molecule has 0 spiro atoms. The molecule has 2 unspecified atom stereocenters. The van der Waals surface area contributed by atoms with Gasteiger partial charge in [0, 0.05) is 0 Å². The molecule has 0 radical (unpaired) electrons. The van der Waals surface area contributed by atoms with Gasteiger partial charge in [0.25, 0.3) is 0 Å². The zero-order valence-corrected chi connectivity index (χ0v) is 9.76. The van der Waals surface area contributed by atoms with E-state index in [1.54, 1.807) is 0 Å². The van der Waals surface area contributed by atoms with Gasteiger partial charge in [0.05, 0.1) is 0 Å². The molecule has 1 fully saturated rings. The second kappa shape index (κ2) is 7.05. The Labute approximate surface area is 89.0 Å². The molecule has 1 rings (SSSR count). The van der Waals surface area contributed by atoms with Gasteiger partial charge in [-0.15, -0.1) is 0 Å². The van der Waals surface area contributed by atoms with Crippen molar-refractivity contribution in [2.24, 2.45) is 11.8 Å². The summed E-state index contributed by atoms with van der Waals surface area (Å²) in [5.41, 5.74) is 0. The lowest BCUT2D eigenvalue weighted by atomic mass is 9.82. The van der Waals surface area contributed by atoms with Crippen LogP contribution < -0.4 is 5.32 Å². The third kappa shape index (κ3) is 4.80. The first kappa shape index (κ1) is 11.8. The molecule has 0 heterocycles. The van der Waals surface area contributed by atoms with Crippen LogP contribution in [0.2, 0.25) is 0 Å². The molecule has 0 aromatic carbocycles. The van der Waals surface area contributed by atoms with E-state index < -0.39 is 0 Å². The van der Waals surface area contributed by atoms with Crippen molar-refractivity contribution in [3.8, 4) is 0 Å². The first-order valence-electron chi connectivity index (χ1n) is 6.14. The highest BCUT2D eigenvalue weighted by Gasteiger charge is 2.17. The van der Waals surface area contributed by atoms with Crippen molar-refractivity contribution < 1.29 is 0 Å². The van der Waals surface area contributed by atoms with Crippen LogP contribution in [0.1, 0.15) is 46.0 Å². The van der Waals surface area contributed by atoms with Gasteiger partial charge in [-0.3, -0.25) is 0 Å². The smallest absolute Gasteiger partial charge is 0.00142 e. The molecule has 1 heteroatoms. The van der Waals surface area contributed by atoms with Gasteiger partial charge in [-0.1, -0.05) is 31.9 Å². The molecule has 1 aliphatic carbocycles. The van der Waals surface area contributed by atoms with Gasteiger partial charge in [0.2, 0.25) is 0 Å². The lowest BCUT2D eigenvalue weighted by Gasteiger charge is -2.26. The summed E-state index contributed by atoms with van der Waals surface area (Å²) in [6.07, 6.45) is 11.3. The molecule has 2 atom stereocenters. The molecule has 0 aromatic heterocycles. The number of rotatable bonds is 5. The molecule has 0 amide bonds. The van der Waals surface area contributed by atoms with Crippen LogP contribution in [-0.2, 0) is 0 Å². The SMILES string of the molecule is C/C=C/CCNCC1CCCC(C)C1. The van der Waals surface area contributed by atoms with Crippen LogP contribution in [0.3, 0.4) is 0 Å². The van der Waals surface area contributed by atoms with Gasteiger partial charge in [0.15, 0.2) is 0 Å². The minimum Gasteiger partial charge on any atom is -0.316 e. The quantitative estimate of drug-likeness (QED) is 0.524. The summed E-state index contributed by atoms with van der Waals surface area (Å²) in [7, 11) is 0. The van der Waals surface area contributed by atoms with Crippen molar-refractivity contribution in [2.45, 2.75) is 46.0 Å². The minimum atomic E-state index is 0.948. The van der Waals surface area contributed by atoms with E-state index in [1.165, 1.54) is 38.6 Å². The van der Waals surface area contributed by atoms with Crippen molar-refractivity contribution in [3.05, 3.63) is 12.2 Å². The zero-order valence-electron chi connectivity index (χ0n) is 9.76. The third-order valence-electron chi connectivity index (χ3n) is 3.20. The van der Waals surface area contributed by atoms with Gasteiger partial charge in [0.1, 0.15) is 0 Å². The molecule has 82 valence electrons. The largest absolute Gasteiger partial charge is 0.316 e. The summed E-state index contributed by atoms with van der Waals surface area (Å²) in [4.78, 5) is 0. The van der Waals surface area contributed by atoms with E-state index in [9.17, 15) is 0 Å². The van der Waals surface area contributed by atoms with E-state index in [1.807, 2.05) is 0 Å². The predicted molar refractivity (Wildman–Crippen MR) is 63.4 cm³/mol. The van der Waals surface area contributed by atoms with Gasteiger partial charge in [-0.05, 0) is 51.1 Å². The van der Waals surface area contributed by atoms with Crippen LogP contribution in [0.15, 0.2) is 12.2 Å². The van der Waals surface area contributed by atoms with Gasteiger partial charge >= 0.3 is 0 Å². The molecule has 1 aliphatic rings. The molecule has 1 N–H and O–H groups in total. The maximum absolute atomic E-state index is 3.56. The summed E-state index contributed by atoms with van der Waals surface area (Å²) in [6.45, 7) is 6.87. The maximum Gasteiger partial charge on any atom is -0.00142 e. The van der Waals surface area contributed by atoms with E-state index in [0.717, 1.165) is 18.4 Å². The van der Waals surface area contributed by atoms with Crippen LogP contribution in [0.4, 0.5) is 0 Å². The van der Waals surface area contributed by atoms with Gasteiger partial charge in [-0.25, -0.2) is 0 Å². The summed E-state index contributed by atoms with van der Waals surface area (Å²) in [6, 6.07) is 0. The Morgan fingerprint density at radius 1 is 1.36 bits per heavy atom. The fourth-order valence-electron chi connectivity index (χ4n) is 2.40. The summed E-state index contributed by atoms with van der Waals surface area (Å²) >= 11 is 0. The second-order valence-electron chi connectivity index (χ2n) is 4.70. The van der Waals surface area contributed by atoms with Crippen molar-refractivity contribution >= 4 is 0 Å². The van der Waals surface area contributed by atoms with Gasteiger partial charge in [-0.2, -0.15) is 0 Å².